The summed E-state index contributed by atoms with van der Waals surface area (Å²) >= 11 is 0. The lowest BCUT2D eigenvalue weighted by Crippen LogP contribution is -2.44. The fourth-order valence-electron chi connectivity index (χ4n) is 14.7. The Morgan fingerprint density at radius 1 is 0.168 bits per heavy atom. The van der Waals surface area contributed by atoms with E-state index in [1.54, 1.807) is 0 Å². The van der Waals surface area contributed by atoms with Crippen molar-refractivity contribution >= 4 is 23.9 Å². The highest BCUT2D eigenvalue weighted by molar-refractivity contribution is 5.71. The van der Waals surface area contributed by atoms with Crippen LogP contribution in [0.15, 0.2) is 0 Å². The molecule has 0 atom stereocenters. The van der Waals surface area contributed by atoms with Gasteiger partial charge in [0.1, 0.15) is 31.8 Å². The molecule has 0 bridgehead atoms. The SMILES string of the molecule is CC(C)CCCCCCCCCCCCCCCCCCC(=O)OCC(COC(=O)CCCCCCCCCCCCCCCCCCC(C)C)(COC(=O)CCCCCCCCCCCCCCCCCCC(C)C)COC(=O)CCCCCCCCCCCCCCCCCCC(C)C. The lowest BCUT2D eigenvalue weighted by molar-refractivity contribution is -0.170. The minimum absolute atomic E-state index is 0.159. The zero-order chi connectivity index (χ0) is 73.7. The van der Waals surface area contributed by atoms with E-state index in [9.17, 15) is 19.2 Å². The van der Waals surface area contributed by atoms with E-state index >= 15 is 0 Å². The zero-order valence-corrected chi connectivity index (χ0v) is 69.8. The smallest absolute Gasteiger partial charge is 0.305 e. The Kier molecular flexibility index (Phi) is 77.3. The van der Waals surface area contributed by atoms with Gasteiger partial charge in [0.25, 0.3) is 0 Å². The molecule has 0 unspecified atom stereocenters. The van der Waals surface area contributed by atoms with Crippen molar-refractivity contribution in [1.82, 2.24) is 0 Å². The van der Waals surface area contributed by atoms with Gasteiger partial charge in [-0.05, 0) is 49.4 Å². The van der Waals surface area contributed by atoms with Crippen LogP contribution in [0.25, 0.3) is 0 Å². The fraction of sp³-hybridized carbons (Fsp3) is 0.957. The molecule has 0 aliphatic rings. The van der Waals surface area contributed by atoms with E-state index in [0.29, 0.717) is 25.7 Å². The van der Waals surface area contributed by atoms with Crippen LogP contribution in [0, 0.1) is 29.1 Å². The molecule has 0 fully saturated rings. The first kappa shape index (κ1) is 98.9. The average molecular weight is 1430 g/mol. The molecule has 0 spiro atoms. The van der Waals surface area contributed by atoms with Crippen molar-refractivity contribution in [2.24, 2.45) is 29.1 Å². The summed E-state index contributed by atoms with van der Waals surface area (Å²) in [6.45, 7) is 18.0. The first-order valence-electron chi connectivity index (χ1n) is 45.9. The molecule has 0 aromatic heterocycles. The Bertz CT molecular complexity index is 1460. The predicted molar refractivity (Wildman–Crippen MR) is 438 cm³/mol. The predicted octanol–water partition coefficient (Wildman–Crippen LogP) is 30.9. The summed E-state index contributed by atoms with van der Waals surface area (Å²) in [5.41, 5.74) is -1.21. The maximum Gasteiger partial charge on any atom is 0.305 e. The zero-order valence-electron chi connectivity index (χ0n) is 69.8. The van der Waals surface area contributed by atoms with E-state index in [4.69, 9.17) is 18.9 Å². The molecular formula is C93H180O8. The van der Waals surface area contributed by atoms with Crippen molar-refractivity contribution in [2.45, 2.75) is 518 Å². The summed E-state index contributed by atoms with van der Waals surface area (Å²) in [6.07, 6.45) is 88.1. The highest BCUT2D eigenvalue weighted by Crippen LogP contribution is 2.26. The van der Waals surface area contributed by atoms with Crippen LogP contribution in [0.4, 0.5) is 0 Å². The molecule has 0 heterocycles. The van der Waals surface area contributed by atoms with E-state index in [2.05, 4.69) is 55.4 Å². The van der Waals surface area contributed by atoms with Gasteiger partial charge in [-0.15, -0.1) is 0 Å². The minimum atomic E-state index is -1.21. The lowest BCUT2D eigenvalue weighted by Gasteiger charge is -2.31. The van der Waals surface area contributed by atoms with Crippen LogP contribution in [0.3, 0.4) is 0 Å². The third-order valence-corrected chi connectivity index (χ3v) is 21.8. The normalized spacial score (nSPS) is 11.9. The summed E-state index contributed by atoms with van der Waals surface area (Å²) in [6, 6.07) is 0. The van der Waals surface area contributed by atoms with Crippen molar-refractivity contribution < 1.29 is 38.1 Å². The second-order valence-corrected chi connectivity index (χ2v) is 34.5. The van der Waals surface area contributed by atoms with Crippen LogP contribution in [-0.4, -0.2) is 50.3 Å². The molecule has 0 aliphatic heterocycles. The van der Waals surface area contributed by atoms with Gasteiger partial charge in [0.05, 0.1) is 0 Å². The Morgan fingerprint density at radius 2 is 0.267 bits per heavy atom. The van der Waals surface area contributed by atoms with Crippen LogP contribution in [0.2, 0.25) is 0 Å². The Balaban J connectivity index is 5.39. The highest BCUT2D eigenvalue weighted by Gasteiger charge is 2.38. The second kappa shape index (κ2) is 78.9. The number of rotatable bonds is 84. The topological polar surface area (TPSA) is 105 Å². The minimum Gasteiger partial charge on any atom is -0.465 e. The molecule has 0 saturated heterocycles. The van der Waals surface area contributed by atoms with Crippen molar-refractivity contribution in [3.63, 3.8) is 0 Å². The summed E-state index contributed by atoms with van der Waals surface area (Å²) in [5.74, 6) is 2.07. The number of hydrogen-bond donors (Lipinski definition) is 0. The summed E-state index contributed by atoms with van der Waals surface area (Å²) in [7, 11) is 0. The van der Waals surface area contributed by atoms with Crippen molar-refractivity contribution in [2.75, 3.05) is 26.4 Å². The summed E-state index contributed by atoms with van der Waals surface area (Å²) in [5, 5.41) is 0. The lowest BCUT2D eigenvalue weighted by atomic mass is 9.92. The van der Waals surface area contributed by atoms with Gasteiger partial charge in [0.15, 0.2) is 0 Å². The Morgan fingerprint density at radius 3 is 0.376 bits per heavy atom. The van der Waals surface area contributed by atoms with Gasteiger partial charge in [0, 0.05) is 25.7 Å². The quantitative estimate of drug-likeness (QED) is 0.0337. The van der Waals surface area contributed by atoms with Gasteiger partial charge in [-0.3, -0.25) is 19.2 Å². The largest absolute Gasteiger partial charge is 0.465 e. The van der Waals surface area contributed by atoms with Crippen LogP contribution < -0.4 is 0 Å². The Labute approximate surface area is 631 Å². The number of carbonyl (C=O) groups is 4. The molecule has 0 aliphatic carbocycles. The molecule has 8 heteroatoms. The van der Waals surface area contributed by atoms with Crippen LogP contribution in [0.1, 0.15) is 518 Å². The van der Waals surface area contributed by atoms with E-state index in [-0.39, 0.29) is 50.3 Å². The van der Waals surface area contributed by atoms with Gasteiger partial charge >= 0.3 is 23.9 Å². The number of unbranched alkanes of at least 4 members (excludes halogenated alkanes) is 60. The molecule has 101 heavy (non-hydrogen) atoms. The molecular weight excluding hydrogens is 1250 g/mol. The Hall–Kier alpha value is -2.12. The second-order valence-electron chi connectivity index (χ2n) is 34.5. The molecule has 0 radical (unpaired) electrons. The first-order chi connectivity index (χ1) is 49.2. The van der Waals surface area contributed by atoms with Crippen molar-refractivity contribution in [3.05, 3.63) is 0 Å². The summed E-state index contributed by atoms with van der Waals surface area (Å²) in [4.78, 5) is 54.1. The van der Waals surface area contributed by atoms with Gasteiger partial charge in [-0.2, -0.15) is 0 Å². The third kappa shape index (κ3) is 80.3. The number of hydrogen-bond acceptors (Lipinski definition) is 8. The molecule has 0 rings (SSSR count). The van der Waals surface area contributed by atoms with Crippen LogP contribution in [-0.2, 0) is 38.1 Å². The maximum absolute atomic E-state index is 13.5. The first-order valence-corrected chi connectivity index (χ1v) is 45.9. The summed E-state index contributed by atoms with van der Waals surface area (Å²) < 4.78 is 24.1. The van der Waals surface area contributed by atoms with E-state index in [1.165, 1.54) is 360 Å². The monoisotopic (exact) mass is 1430 g/mol. The van der Waals surface area contributed by atoms with Gasteiger partial charge in [-0.1, -0.05) is 466 Å². The molecule has 0 saturated carbocycles. The van der Waals surface area contributed by atoms with Crippen LogP contribution in [0.5, 0.6) is 0 Å². The number of carbonyl (C=O) groups excluding carboxylic acids is 4. The van der Waals surface area contributed by atoms with Gasteiger partial charge < -0.3 is 18.9 Å². The van der Waals surface area contributed by atoms with E-state index in [1.807, 2.05) is 0 Å². The van der Waals surface area contributed by atoms with E-state index in [0.717, 1.165) is 101 Å². The van der Waals surface area contributed by atoms with Crippen molar-refractivity contribution in [3.8, 4) is 0 Å². The highest BCUT2D eigenvalue weighted by atomic mass is 16.6. The van der Waals surface area contributed by atoms with Gasteiger partial charge in [0.2, 0.25) is 0 Å². The molecule has 0 aromatic carbocycles. The molecule has 600 valence electrons. The molecule has 8 nitrogen and oxygen atoms in total. The molecule has 0 amide bonds. The fourth-order valence-corrected chi connectivity index (χ4v) is 14.7. The molecule has 0 N–H and O–H groups in total. The average Bonchev–Trinajstić information content (AvgIpc) is 0.858. The third-order valence-electron chi connectivity index (χ3n) is 21.8. The standard InChI is InChI=1S/C93H180O8/c1-85(2)73-65-57-49-41-33-25-17-9-13-21-29-37-45-53-61-69-77-89(94)98-81-93(82-99-90(95)78-70-62-54-46-38-30-22-14-10-18-26-34-42-50-58-66-74-86(3)4,83-100-91(96)79-71-63-55-47-39-31-23-15-11-19-27-35-43-51-59-67-75-87(5)6)84-101-92(97)80-72-64-56-48-40-32-24-16-12-20-28-36-44-52-60-68-76-88(7)8/h85-88H,9-84H2,1-8H3. The van der Waals surface area contributed by atoms with E-state index < -0.39 is 5.41 Å². The van der Waals surface area contributed by atoms with Crippen LogP contribution >= 0.6 is 0 Å². The maximum atomic E-state index is 13.5. The number of esters is 4. The number of ether oxygens (including phenoxy) is 4. The van der Waals surface area contributed by atoms with Gasteiger partial charge in [-0.25, -0.2) is 0 Å². The van der Waals surface area contributed by atoms with Crippen molar-refractivity contribution in [1.29, 1.82) is 0 Å². The molecule has 0 aromatic rings.